The number of rotatable bonds is 6. The van der Waals surface area contributed by atoms with E-state index in [0.717, 1.165) is 18.4 Å². The molecule has 1 atom stereocenters. The molecule has 2 N–H and O–H groups in total. The fraction of sp³-hybridized carbons (Fsp3) is 0.529. The van der Waals surface area contributed by atoms with E-state index in [2.05, 4.69) is 5.32 Å². The number of hydrogen-bond donors (Lipinski definition) is 2. The summed E-state index contributed by atoms with van der Waals surface area (Å²) in [6.45, 7) is 3.80. The van der Waals surface area contributed by atoms with Gasteiger partial charge in [0, 0.05) is 0 Å². The number of amides is 1. The fourth-order valence-corrected chi connectivity index (χ4v) is 2.86. The molecule has 1 saturated carbocycles. The van der Waals surface area contributed by atoms with Gasteiger partial charge in [0.2, 0.25) is 0 Å². The quantitative estimate of drug-likeness (QED) is 0.847. The maximum absolute atomic E-state index is 12.4. The van der Waals surface area contributed by atoms with Gasteiger partial charge in [-0.15, -0.1) is 0 Å². The van der Waals surface area contributed by atoms with E-state index in [-0.39, 0.29) is 5.91 Å². The van der Waals surface area contributed by atoms with Crippen molar-refractivity contribution in [3.05, 3.63) is 29.8 Å². The molecule has 1 unspecified atom stereocenters. The SMILES string of the molecule is CCC(Oc1cccc(C)c1)C(=O)NC1(C(=O)O)CCCC1. The number of aryl methyl sites for hydroxylation is 1. The second-order valence-electron chi connectivity index (χ2n) is 5.91. The Hall–Kier alpha value is -2.04. The Morgan fingerprint density at radius 1 is 1.36 bits per heavy atom. The molecule has 0 aliphatic heterocycles. The number of benzene rings is 1. The molecule has 5 nitrogen and oxygen atoms in total. The van der Waals surface area contributed by atoms with E-state index in [0.29, 0.717) is 25.0 Å². The van der Waals surface area contributed by atoms with Crippen LogP contribution < -0.4 is 10.1 Å². The highest BCUT2D eigenvalue weighted by Gasteiger charge is 2.43. The lowest BCUT2D eigenvalue weighted by Crippen LogP contribution is -2.55. The summed E-state index contributed by atoms with van der Waals surface area (Å²) in [4.78, 5) is 23.9. The summed E-state index contributed by atoms with van der Waals surface area (Å²) in [5, 5.41) is 12.2. The van der Waals surface area contributed by atoms with Crippen LogP contribution in [-0.4, -0.2) is 28.6 Å². The summed E-state index contributed by atoms with van der Waals surface area (Å²) >= 11 is 0. The summed E-state index contributed by atoms with van der Waals surface area (Å²) in [5.74, 6) is -0.685. The minimum atomic E-state index is -1.12. The number of carbonyl (C=O) groups excluding carboxylic acids is 1. The molecular formula is C17H23NO4. The molecule has 0 spiro atoms. The van der Waals surface area contributed by atoms with E-state index in [9.17, 15) is 14.7 Å². The van der Waals surface area contributed by atoms with Gasteiger partial charge < -0.3 is 15.2 Å². The summed E-state index contributed by atoms with van der Waals surface area (Å²) < 4.78 is 5.74. The number of aliphatic carboxylic acids is 1. The van der Waals surface area contributed by atoms with Crippen LogP contribution in [0.5, 0.6) is 5.75 Å². The van der Waals surface area contributed by atoms with Gasteiger partial charge in [-0.2, -0.15) is 0 Å². The smallest absolute Gasteiger partial charge is 0.329 e. The highest BCUT2D eigenvalue weighted by atomic mass is 16.5. The molecule has 0 heterocycles. The first-order valence-corrected chi connectivity index (χ1v) is 7.75. The number of carbonyl (C=O) groups is 2. The van der Waals surface area contributed by atoms with Crippen molar-refractivity contribution in [2.24, 2.45) is 0 Å². The first-order valence-electron chi connectivity index (χ1n) is 7.75. The number of carboxylic acids is 1. The van der Waals surface area contributed by atoms with Crippen LogP contribution >= 0.6 is 0 Å². The van der Waals surface area contributed by atoms with Crippen LogP contribution in [0.4, 0.5) is 0 Å². The summed E-state index contributed by atoms with van der Waals surface area (Å²) in [5.41, 5.74) is -0.0777. The number of hydrogen-bond acceptors (Lipinski definition) is 3. The second kappa shape index (κ2) is 6.81. The minimum Gasteiger partial charge on any atom is -0.481 e. The molecular weight excluding hydrogens is 282 g/mol. The van der Waals surface area contributed by atoms with Crippen LogP contribution in [0.25, 0.3) is 0 Å². The van der Waals surface area contributed by atoms with Crippen molar-refractivity contribution in [3.63, 3.8) is 0 Å². The van der Waals surface area contributed by atoms with Gasteiger partial charge in [-0.3, -0.25) is 4.79 Å². The van der Waals surface area contributed by atoms with Crippen LogP contribution in [0, 0.1) is 6.92 Å². The highest BCUT2D eigenvalue weighted by molar-refractivity contribution is 5.89. The Balaban J connectivity index is 2.07. The van der Waals surface area contributed by atoms with Gasteiger partial charge >= 0.3 is 5.97 Å². The summed E-state index contributed by atoms with van der Waals surface area (Å²) in [6, 6.07) is 7.47. The molecule has 1 aromatic carbocycles. The van der Waals surface area contributed by atoms with Crippen molar-refractivity contribution in [1.29, 1.82) is 0 Å². The lowest BCUT2D eigenvalue weighted by atomic mass is 9.97. The Morgan fingerprint density at radius 2 is 2.05 bits per heavy atom. The molecule has 0 aromatic heterocycles. The van der Waals surface area contributed by atoms with Crippen molar-refractivity contribution >= 4 is 11.9 Å². The van der Waals surface area contributed by atoms with Gasteiger partial charge in [-0.25, -0.2) is 4.79 Å². The number of ether oxygens (including phenoxy) is 1. The Kier molecular flexibility index (Phi) is 5.06. The molecule has 2 rings (SSSR count). The van der Waals surface area contributed by atoms with Crippen molar-refractivity contribution in [2.45, 2.75) is 57.6 Å². The number of carboxylic acid groups (broad SMARTS) is 1. The predicted molar refractivity (Wildman–Crippen MR) is 82.9 cm³/mol. The van der Waals surface area contributed by atoms with Gasteiger partial charge in [0.05, 0.1) is 0 Å². The Labute approximate surface area is 130 Å². The van der Waals surface area contributed by atoms with E-state index in [1.165, 1.54) is 0 Å². The second-order valence-corrected chi connectivity index (χ2v) is 5.91. The molecule has 1 amide bonds. The molecule has 120 valence electrons. The molecule has 1 aromatic rings. The predicted octanol–water partition coefficient (Wildman–Crippen LogP) is 2.67. The third kappa shape index (κ3) is 3.59. The molecule has 0 radical (unpaired) electrons. The van der Waals surface area contributed by atoms with E-state index in [1.54, 1.807) is 6.07 Å². The zero-order valence-corrected chi connectivity index (χ0v) is 13.1. The van der Waals surface area contributed by atoms with E-state index in [1.807, 2.05) is 32.0 Å². The average molecular weight is 305 g/mol. The highest BCUT2D eigenvalue weighted by Crippen LogP contribution is 2.30. The number of nitrogens with one attached hydrogen (secondary N) is 1. The van der Waals surface area contributed by atoms with E-state index < -0.39 is 17.6 Å². The zero-order chi connectivity index (χ0) is 16.2. The standard InChI is InChI=1S/C17H23NO4/c1-3-14(22-13-8-6-7-12(2)11-13)15(19)18-17(16(20)21)9-4-5-10-17/h6-8,11,14H,3-5,9-10H2,1-2H3,(H,18,19)(H,20,21). The maximum atomic E-state index is 12.4. The lowest BCUT2D eigenvalue weighted by Gasteiger charge is -2.28. The molecule has 0 saturated heterocycles. The Morgan fingerprint density at radius 3 is 2.59 bits per heavy atom. The first-order chi connectivity index (χ1) is 10.5. The Bertz CT molecular complexity index is 549. The van der Waals surface area contributed by atoms with Crippen LogP contribution in [0.15, 0.2) is 24.3 Å². The minimum absolute atomic E-state index is 0.353. The van der Waals surface area contributed by atoms with Gasteiger partial charge in [-0.05, 0) is 43.9 Å². The zero-order valence-electron chi connectivity index (χ0n) is 13.1. The molecule has 5 heteroatoms. The van der Waals surface area contributed by atoms with Crippen LogP contribution in [-0.2, 0) is 9.59 Å². The maximum Gasteiger partial charge on any atom is 0.329 e. The van der Waals surface area contributed by atoms with Crippen molar-refractivity contribution < 1.29 is 19.4 Å². The largest absolute Gasteiger partial charge is 0.481 e. The molecule has 22 heavy (non-hydrogen) atoms. The molecule has 1 aliphatic rings. The third-order valence-electron chi connectivity index (χ3n) is 4.16. The van der Waals surface area contributed by atoms with E-state index >= 15 is 0 Å². The summed E-state index contributed by atoms with van der Waals surface area (Å²) in [6.07, 6.45) is 2.41. The molecule has 1 aliphatic carbocycles. The van der Waals surface area contributed by atoms with Crippen LogP contribution in [0.1, 0.15) is 44.6 Å². The molecule has 1 fully saturated rings. The monoisotopic (exact) mass is 305 g/mol. The lowest BCUT2D eigenvalue weighted by molar-refractivity contribution is -0.148. The van der Waals surface area contributed by atoms with Crippen molar-refractivity contribution in [3.8, 4) is 5.75 Å². The summed E-state index contributed by atoms with van der Waals surface area (Å²) in [7, 11) is 0. The van der Waals surface area contributed by atoms with E-state index in [4.69, 9.17) is 4.74 Å². The van der Waals surface area contributed by atoms with Gasteiger partial charge in [-0.1, -0.05) is 31.9 Å². The van der Waals surface area contributed by atoms with Crippen LogP contribution in [0.3, 0.4) is 0 Å². The topological polar surface area (TPSA) is 75.6 Å². The van der Waals surface area contributed by atoms with Crippen molar-refractivity contribution in [2.75, 3.05) is 0 Å². The third-order valence-corrected chi connectivity index (χ3v) is 4.16. The normalized spacial score (nSPS) is 17.7. The van der Waals surface area contributed by atoms with Gasteiger partial charge in [0.15, 0.2) is 6.10 Å². The fourth-order valence-electron chi connectivity index (χ4n) is 2.86. The van der Waals surface area contributed by atoms with Crippen molar-refractivity contribution in [1.82, 2.24) is 5.32 Å². The molecule has 0 bridgehead atoms. The van der Waals surface area contributed by atoms with Gasteiger partial charge in [0.25, 0.3) is 5.91 Å². The van der Waals surface area contributed by atoms with Gasteiger partial charge in [0.1, 0.15) is 11.3 Å². The van der Waals surface area contributed by atoms with Crippen LogP contribution in [0.2, 0.25) is 0 Å². The first kappa shape index (κ1) is 16.3. The average Bonchev–Trinajstić information content (AvgIpc) is 2.94.